The summed E-state index contributed by atoms with van der Waals surface area (Å²) in [5, 5.41) is 8.32. The van der Waals surface area contributed by atoms with Crippen molar-refractivity contribution >= 4 is 28.0 Å². The molecule has 0 aliphatic heterocycles. The fraction of sp³-hybridized carbons (Fsp3) is 0.208. The quantitative estimate of drug-likeness (QED) is 0.386. The lowest BCUT2D eigenvalue weighted by Gasteiger charge is -2.11. The Morgan fingerprint density at radius 3 is 2.94 bits per heavy atom. The van der Waals surface area contributed by atoms with Crippen LogP contribution in [0.25, 0.3) is 33.5 Å². The molecular formula is C24H22FN7O2. The van der Waals surface area contributed by atoms with Crippen molar-refractivity contribution in [2.45, 2.75) is 19.5 Å². The van der Waals surface area contributed by atoms with Gasteiger partial charge in [-0.25, -0.2) is 14.4 Å². The van der Waals surface area contributed by atoms with E-state index < -0.39 is 0 Å². The molecular weight excluding hydrogens is 437 g/mol. The van der Waals surface area contributed by atoms with Crippen molar-refractivity contribution in [2.24, 2.45) is 0 Å². The van der Waals surface area contributed by atoms with Gasteiger partial charge in [0.1, 0.15) is 22.7 Å². The number of fused-ring (bicyclic) bond motifs is 2. The van der Waals surface area contributed by atoms with Crippen LogP contribution in [-0.2, 0) is 11.3 Å². The van der Waals surface area contributed by atoms with Crippen LogP contribution < -0.4 is 5.32 Å². The van der Waals surface area contributed by atoms with Gasteiger partial charge < -0.3 is 15.0 Å². The molecule has 0 aliphatic rings. The van der Waals surface area contributed by atoms with Crippen molar-refractivity contribution in [3.63, 3.8) is 0 Å². The Balaban J connectivity index is 1.57. The monoisotopic (exact) mass is 459 g/mol. The minimum Gasteiger partial charge on any atom is -0.383 e. The van der Waals surface area contributed by atoms with E-state index >= 15 is 0 Å². The maximum absolute atomic E-state index is 14.1. The lowest BCUT2D eigenvalue weighted by Crippen LogP contribution is -2.35. The Morgan fingerprint density at radius 2 is 2.15 bits per heavy atom. The van der Waals surface area contributed by atoms with Gasteiger partial charge in [0.2, 0.25) is 0 Å². The lowest BCUT2D eigenvalue weighted by atomic mass is 10.1. The number of methoxy groups -OCH3 is 1. The molecule has 9 nitrogen and oxygen atoms in total. The molecule has 1 amide bonds. The third-order valence-electron chi connectivity index (χ3n) is 5.41. The van der Waals surface area contributed by atoms with Gasteiger partial charge in [0.15, 0.2) is 5.65 Å². The molecule has 0 saturated carbocycles. The molecule has 10 heteroatoms. The third-order valence-corrected chi connectivity index (χ3v) is 5.41. The van der Waals surface area contributed by atoms with E-state index in [0.29, 0.717) is 46.8 Å². The maximum atomic E-state index is 14.1. The number of aromatic amines is 1. The number of nitrogens with zero attached hydrogens (tertiary/aromatic N) is 5. The summed E-state index contributed by atoms with van der Waals surface area (Å²) in [4.78, 5) is 29.3. The predicted octanol–water partition coefficient (Wildman–Crippen LogP) is 3.32. The van der Waals surface area contributed by atoms with E-state index in [1.165, 1.54) is 12.1 Å². The molecule has 4 heterocycles. The van der Waals surface area contributed by atoms with E-state index in [1.807, 2.05) is 25.1 Å². The smallest absolute Gasteiger partial charge is 0.255 e. The van der Waals surface area contributed by atoms with Crippen molar-refractivity contribution in [3.05, 3.63) is 72.1 Å². The van der Waals surface area contributed by atoms with Gasteiger partial charge in [0.25, 0.3) is 5.91 Å². The Kier molecular flexibility index (Phi) is 5.72. The summed E-state index contributed by atoms with van der Waals surface area (Å²) < 4.78 is 20.9. The van der Waals surface area contributed by atoms with Gasteiger partial charge in [0.05, 0.1) is 36.1 Å². The van der Waals surface area contributed by atoms with Crippen LogP contribution in [-0.4, -0.2) is 55.4 Å². The van der Waals surface area contributed by atoms with E-state index in [9.17, 15) is 9.18 Å². The normalized spacial score (nSPS) is 12.3. The number of ether oxygens (including phenoxy) is 1. The molecule has 0 saturated heterocycles. The Hall–Kier alpha value is -4.18. The largest absolute Gasteiger partial charge is 0.383 e. The van der Waals surface area contributed by atoms with E-state index in [0.717, 1.165) is 11.1 Å². The number of H-pyrrole nitrogens is 1. The minimum atomic E-state index is -0.363. The number of hydrogen-bond donors (Lipinski definition) is 2. The standard InChI is InChI=1S/C24H22FN7O2/c1-14(13-34-2)29-24(33)18-10-27-23-22(18)30-19(11-28-23)21-17-7-6-15(25)9-20(17)32(31-21)12-16-5-3-4-8-26-16/h3-11,14H,12-13H2,1-2H3,(H,27,28)(H,29,33)/t14-/m0/s1. The van der Waals surface area contributed by atoms with Gasteiger partial charge in [-0.1, -0.05) is 6.07 Å². The third kappa shape index (κ3) is 4.11. The van der Waals surface area contributed by atoms with Gasteiger partial charge >= 0.3 is 0 Å². The highest BCUT2D eigenvalue weighted by Crippen LogP contribution is 2.29. The van der Waals surface area contributed by atoms with Gasteiger partial charge in [0, 0.05) is 30.9 Å². The van der Waals surface area contributed by atoms with Crippen molar-refractivity contribution in [2.75, 3.05) is 13.7 Å². The number of carbonyl (C=O) groups is 1. The molecule has 2 N–H and O–H groups in total. The average Bonchev–Trinajstić information content (AvgIpc) is 3.41. The highest BCUT2D eigenvalue weighted by Gasteiger charge is 2.20. The van der Waals surface area contributed by atoms with Crippen LogP contribution in [0.4, 0.5) is 4.39 Å². The van der Waals surface area contributed by atoms with Crippen molar-refractivity contribution < 1.29 is 13.9 Å². The molecule has 0 radical (unpaired) electrons. The first kappa shape index (κ1) is 21.7. The van der Waals surface area contributed by atoms with E-state index in [-0.39, 0.29) is 17.8 Å². The molecule has 0 aliphatic carbocycles. The van der Waals surface area contributed by atoms with Crippen LogP contribution in [0, 0.1) is 5.82 Å². The molecule has 34 heavy (non-hydrogen) atoms. The van der Waals surface area contributed by atoms with Crippen LogP contribution in [0.1, 0.15) is 23.0 Å². The summed E-state index contributed by atoms with van der Waals surface area (Å²) in [7, 11) is 1.58. The molecule has 0 unspecified atom stereocenters. The van der Waals surface area contributed by atoms with Gasteiger partial charge in [-0.3, -0.25) is 14.5 Å². The van der Waals surface area contributed by atoms with Gasteiger partial charge in [-0.15, -0.1) is 0 Å². The second-order valence-corrected chi connectivity index (χ2v) is 7.97. The Labute approximate surface area is 194 Å². The highest BCUT2D eigenvalue weighted by atomic mass is 19.1. The lowest BCUT2D eigenvalue weighted by molar-refractivity contribution is 0.0907. The minimum absolute atomic E-state index is 0.167. The van der Waals surface area contributed by atoms with Crippen LogP contribution >= 0.6 is 0 Å². The number of nitrogens with one attached hydrogen (secondary N) is 2. The number of halogens is 1. The van der Waals surface area contributed by atoms with Crippen LogP contribution in [0.3, 0.4) is 0 Å². The number of hydrogen-bond acceptors (Lipinski definition) is 6. The molecule has 1 aromatic carbocycles. The topological polar surface area (TPSA) is 111 Å². The maximum Gasteiger partial charge on any atom is 0.255 e. The van der Waals surface area contributed by atoms with E-state index in [1.54, 1.807) is 36.4 Å². The van der Waals surface area contributed by atoms with Crippen molar-refractivity contribution in [3.8, 4) is 11.4 Å². The molecule has 1 atom stereocenters. The zero-order valence-corrected chi connectivity index (χ0v) is 18.6. The number of aromatic nitrogens is 6. The first-order valence-corrected chi connectivity index (χ1v) is 10.7. The average molecular weight is 459 g/mol. The van der Waals surface area contributed by atoms with E-state index in [4.69, 9.17) is 14.8 Å². The summed E-state index contributed by atoms with van der Waals surface area (Å²) in [6, 6.07) is 9.94. The number of pyridine rings is 1. The fourth-order valence-corrected chi connectivity index (χ4v) is 3.87. The summed E-state index contributed by atoms with van der Waals surface area (Å²) in [6.07, 6.45) is 4.87. The Bertz CT molecular complexity index is 1480. The fourth-order valence-electron chi connectivity index (χ4n) is 3.87. The van der Waals surface area contributed by atoms with Gasteiger partial charge in [-0.2, -0.15) is 5.10 Å². The summed E-state index contributed by atoms with van der Waals surface area (Å²) >= 11 is 0. The zero-order chi connectivity index (χ0) is 23.7. The van der Waals surface area contributed by atoms with Crippen LogP contribution in [0.15, 0.2) is 55.0 Å². The van der Waals surface area contributed by atoms with Gasteiger partial charge in [-0.05, 0) is 37.3 Å². The summed E-state index contributed by atoms with van der Waals surface area (Å²) in [5.74, 6) is -0.646. The molecule has 5 aromatic rings. The zero-order valence-electron chi connectivity index (χ0n) is 18.6. The first-order valence-electron chi connectivity index (χ1n) is 10.7. The number of rotatable bonds is 7. The predicted molar refractivity (Wildman–Crippen MR) is 125 cm³/mol. The second kappa shape index (κ2) is 8.99. The van der Waals surface area contributed by atoms with Crippen molar-refractivity contribution in [1.82, 2.24) is 35.0 Å². The molecule has 0 bridgehead atoms. The number of amides is 1. The summed E-state index contributed by atoms with van der Waals surface area (Å²) in [6.45, 7) is 2.61. The van der Waals surface area contributed by atoms with Crippen molar-refractivity contribution in [1.29, 1.82) is 0 Å². The Morgan fingerprint density at radius 1 is 1.26 bits per heavy atom. The number of benzene rings is 1. The second-order valence-electron chi connectivity index (χ2n) is 7.97. The highest BCUT2D eigenvalue weighted by molar-refractivity contribution is 6.05. The SMILES string of the molecule is COC[C@H](C)NC(=O)c1c[nH]c2ncc(-c3nn(Cc4ccccn4)c4cc(F)ccc34)nc12. The first-order chi connectivity index (χ1) is 16.5. The molecule has 0 spiro atoms. The summed E-state index contributed by atoms with van der Waals surface area (Å²) in [5.41, 5.74) is 3.70. The molecule has 4 aromatic heterocycles. The molecule has 5 rings (SSSR count). The van der Waals surface area contributed by atoms with E-state index in [2.05, 4.69) is 20.3 Å². The van der Waals surface area contributed by atoms with Crippen LogP contribution in [0.5, 0.6) is 0 Å². The molecule has 0 fully saturated rings. The number of carbonyl (C=O) groups excluding carboxylic acids is 1. The molecule has 172 valence electrons. The van der Waals surface area contributed by atoms with Crippen LogP contribution in [0.2, 0.25) is 0 Å².